The van der Waals surface area contributed by atoms with E-state index in [1.54, 1.807) is 0 Å². The zero-order valence-corrected chi connectivity index (χ0v) is 12.2. The lowest BCUT2D eigenvalue weighted by Gasteiger charge is -2.26. The molecule has 0 spiro atoms. The van der Waals surface area contributed by atoms with Gasteiger partial charge in [-0.2, -0.15) is 0 Å². The second-order valence-corrected chi connectivity index (χ2v) is 6.29. The molecule has 3 heteroatoms. The van der Waals surface area contributed by atoms with Gasteiger partial charge in [0.2, 0.25) is 5.91 Å². The van der Waals surface area contributed by atoms with Gasteiger partial charge in [0.25, 0.3) is 0 Å². The molecule has 0 bridgehead atoms. The molecule has 1 unspecified atom stereocenters. The lowest BCUT2D eigenvalue weighted by molar-refractivity contribution is -0.126. The summed E-state index contributed by atoms with van der Waals surface area (Å²) in [5.41, 5.74) is 5.64. The summed E-state index contributed by atoms with van der Waals surface area (Å²) in [7, 11) is 0. The van der Waals surface area contributed by atoms with Crippen LogP contribution in [-0.2, 0) is 4.79 Å². The third-order valence-electron chi connectivity index (χ3n) is 4.38. The van der Waals surface area contributed by atoms with Crippen LogP contribution in [0.15, 0.2) is 0 Å². The number of nitrogens with two attached hydrogens (primary N) is 1. The molecular formula is C15H30N2O. The SMILES string of the molecule is CC1CCC(CCNC(=O)C(CN)C(C)C)CC1. The van der Waals surface area contributed by atoms with E-state index in [2.05, 4.69) is 26.1 Å². The molecule has 0 aromatic carbocycles. The maximum atomic E-state index is 11.9. The van der Waals surface area contributed by atoms with Crippen LogP contribution in [0.3, 0.4) is 0 Å². The highest BCUT2D eigenvalue weighted by Crippen LogP contribution is 2.29. The zero-order valence-electron chi connectivity index (χ0n) is 12.2. The summed E-state index contributed by atoms with van der Waals surface area (Å²) < 4.78 is 0. The van der Waals surface area contributed by atoms with Gasteiger partial charge >= 0.3 is 0 Å². The normalized spacial score (nSPS) is 26.1. The molecule has 0 heterocycles. The van der Waals surface area contributed by atoms with Crippen molar-refractivity contribution >= 4 is 5.91 Å². The van der Waals surface area contributed by atoms with Gasteiger partial charge in [0.15, 0.2) is 0 Å². The molecule has 3 nitrogen and oxygen atoms in total. The first kappa shape index (κ1) is 15.5. The van der Waals surface area contributed by atoms with E-state index in [4.69, 9.17) is 5.73 Å². The average Bonchev–Trinajstić information content (AvgIpc) is 2.32. The summed E-state index contributed by atoms with van der Waals surface area (Å²) in [6.45, 7) is 7.72. The Morgan fingerprint density at radius 2 is 1.89 bits per heavy atom. The van der Waals surface area contributed by atoms with Gasteiger partial charge in [0.05, 0.1) is 5.92 Å². The third-order valence-corrected chi connectivity index (χ3v) is 4.38. The maximum Gasteiger partial charge on any atom is 0.224 e. The Morgan fingerprint density at radius 3 is 2.39 bits per heavy atom. The highest BCUT2D eigenvalue weighted by Gasteiger charge is 2.21. The van der Waals surface area contributed by atoms with Crippen LogP contribution in [0.2, 0.25) is 0 Å². The van der Waals surface area contributed by atoms with E-state index >= 15 is 0 Å². The highest BCUT2D eigenvalue weighted by molar-refractivity contribution is 5.79. The fourth-order valence-electron chi connectivity index (χ4n) is 2.83. The zero-order chi connectivity index (χ0) is 13.5. The molecule has 0 aliphatic heterocycles. The van der Waals surface area contributed by atoms with Gasteiger partial charge in [-0.25, -0.2) is 0 Å². The Bertz CT molecular complexity index is 245. The molecule has 1 aliphatic carbocycles. The van der Waals surface area contributed by atoms with Crippen molar-refractivity contribution in [1.82, 2.24) is 5.32 Å². The van der Waals surface area contributed by atoms with Gasteiger partial charge in [-0.3, -0.25) is 4.79 Å². The van der Waals surface area contributed by atoms with E-state index < -0.39 is 0 Å². The monoisotopic (exact) mass is 254 g/mol. The van der Waals surface area contributed by atoms with Gasteiger partial charge < -0.3 is 11.1 Å². The van der Waals surface area contributed by atoms with Crippen molar-refractivity contribution in [2.75, 3.05) is 13.1 Å². The molecule has 1 fully saturated rings. The van der Waals surface area contributed by atoms with Crippen LogP contribution in [-0.4, -0.2) is 19.0 Å². The molecule has 0 aromatic rings. The fraction of sp³-hybridized carbons (Fsp3) is 0.933. The van der Waals surface area contributed by atoms with Gasteiger partial charge in [-0.15, -0.1) is 0 Å². The van der Waals surface area contributed by atoms with E-state index in [1.807, 2.05) is 0 Å². The Balaban J connectivity index is 2.19. The number of hydrogen-bond donors (Lipinski definition) is 2. The van der Waals surface area contributed by atoms with Crippen molar-refractivity contribution in [1.29, 1.82) is 0 Å². The van der Waals surface area contributed by atoms with Gasteiger partial charge in [-0.05, 0) is 24.2 Å². The Labute approximate surface area is 112 Å². The minimum absolute atomic E-state index is 0.0311. The van der Waals surface area contributed by atoms with E-state index in [0.29, 0.717) is 12.5 Å². The molecule has 0 saturated heterocycles. The molecule has 106 valence electrons. The standard InChI is InChI=1S/C15H30N2O/c1-11(2)14(10-16)15(18)17-9-8-13-6-4-12(3)5-7-13/h11-14H,4-10,16H2,1-3H3,(H,17,18). The summed E-state index contributed by atoms with van der Waals surface area (Å²) in [6.07, 6.45) is 6.52. The predicted molar refractivity (Wildman–Crippen MR) is 76.1 cm³/mol. The van der Waals surface area contributed by atoms with Gasteiger partial charge in [-0.1, -0.05) is 46.5 Å². The van der Waals surface area contributed by atoms with Crippen LogP contribution in [0.25, 0.3) is 0 Å². The van der Waals surface area contributed by atoms with Crippen LogP contribution in [0.5, 0.6) is 0 Å². The summed E-state index contributed by atoms with van der Waals surface area (Å²) >= 11 is 0. The van der Waals surface area contributed by atoms with Crippen molar-refractivity contribution in [3.63, 3.8) is 0 Å². The van der Waals surface area contributed by atoms with Crippen LogP contribution >= 0.6 is 0 Å². The average molecular weight is 254 g/mol. The number of amides is 1. The van der Waals surface area contributed by atoms with E-state index in [0.717, 1.165) is 24.8 Å². The molecule has 18 heavy (non-hydrogen) atoms. The Hall–Kier alpha value is -0.570. The Kier molecular flexibility index (Phi) is 6.69. The van der Waals surface area contributed by atoms with Crippen LogP contribution < -0.4 is 11.1 Å². The lowest BCUT2D eigenvalue weighted by atomic mass is 9.81. The predicted octanol–water partition coefficient (Wildman–Crippen LogP) is 2.55. The second kappa shape index (κ2) is 7.78. The number of carbonyl (C=O) groups excluding carboxylic acids is 1. The first-order valence-electron chi connectivity index (χ1n) is 7.52. The molecule has 1 saturated carbocycles. The smallest absolute Gasteiger partial charge is 0.224 e. The number of hydrogen-bond acceptors (Lipinski definition) is 2. The number of carbonyl (C=O) groups is 1. The first-order valence-corrected chi connectivity index (χ1v) is 7.52. The quantitative estimate of drug-likeness (QED) is 0.765. The highest BCUT2D eigenvalue weighted by atomic mass is 16.1. The molecule has 1 aliphatic rings. The van der Waals surface area contributed by atoms with Gasteiger partial charge in [0.1, 0.15) is 0 Å². The molecule has 1 rings (SSSR count). The van der Waals surface area contributed by atoms with Crippen LogP contribution in [0.1, 0.15) is 52.9 Å². The molecule has 0 aromatic heterocycles. The summed E-state index contributed by atoms with van der Waals surface area (Å²) in [5.74, 6) is 2.15. The van der Waals surface area contributed by atoms with E-state index in [9.17, 15) is 4.79 Å². The minimum atomic E-state index is -0.0311. The third kappa shape index (κ3) is 4.97. The summed E-state index contributed by atoms with van der Waals surface area (Å²) in [6, 6.07) is 0. The van der Waals surface area contributed by atoms with Crippen LogP contribution in [0, 0.1) is 23.7 Å². The van der Waals surface area contributed by atoms with Crippen molar-refractivity contribution in [2.45, 2.75) is 52.9 Å². The van der Waals surface area contributed by atoms with E-state index in [-0.39, 0.29) is 11.8 Å². The van der Waals surface area contributed by atoms with E-state index in [1.165, 1.54) is 25.7 Å². The largest absolute Gasteiger partial charge is 0.356 e. The molecule has 1 atom stereocenters. The topological polar surface area (TPSA) is 55.1 Å². The summed E-state index contributed by atoms with van der Waals surface area (Å²) in [4.78, 5) is 11.9. The minimum Gasteiger partial charge on any atom is -0.356 e. The van der Waals surface area contributed by atoms with Crippen molar-refractivity contribution in [3.8, 4) is 0 Å². The summed E-state index contributed by atoms with van der Waals surface area (Å²) in [5, 5.41) is 3.05. The number of rotatable bonds is 6. The number of nitrogens with one attached hydrogen (secondary N) is 1. The first-order chi connectivity index (χ1) is 8.54. The lowest BCUT2D eigenvalue weighted by Crippen LogP contribution is -2.38. The second-order valence-electron chi connectivity index (χ2n) is 6.29. The Morgan fingerprint density at radius 1 is 1.28 bits per heavy atom. The molecule has 0 radical (unpaired) electrons. The van der Waals surface area contributed by atoms with Crippen molar-refractivity contribution < 1.29 is 4.79 Å². The van der Waals surface area contributed by atoms with Crippen molar-refractivity contribution in [2.24, 2.45) is 29.4 Å². The van der Waals surface area contributed by atoms with Crippen molar-refractivity contribution in [3.05, 3.63) is 0 Å². The molecule has 3 N–H and O–H groups in total. The fourth-order valence-corrected chi connectivity index (χ4v) is 2.83. The molecular weight excluding hydrogens is 224 g/mol. The molecule has 1 amide bonds. The maximum absolute atomic E-state index is 11.9. The van der Waals surface area contributed by atoms with Crippen LogP contribution in [0.4, 0.5) is 0 Å². The van der Waals surface area contributed by atoms with Gasteiger partial charge in [0, 0.05) is 13.1 Å².